The van der Waals surface area contributed by atoms with E-state index in [9.17, 15) is 4.79 Å². The average Bonchev–Trinajstić information content (AvgIpc) is 2.29. The minimum absolute atomic E-state index is 0.128. The van der Waals surface area contributed by atoms with Crippen LogP contribution in [0.2, 0.25) is 0 Å². The Morgan fingerprint density at radius 3 is 3.00 bits per heavy atom. The van der Waals surface area contributed by atoms with Crippen molar-refractivity contribution in [1.29, 1.82) is 0 Å². The molecule has 1 atom stereocenters. The number of hydrogen-bond acceptors (Lipinski definition) is 4. The highest BCUT2D eigenvalue weighted by Crippen LogP contribution is 2.11. The van der Waals surface area contributed by atoms with Crippen LogP contribution in [-0.2, 0) is 0 Å². The smallest absolute Gasteiger partial charge is 0.253 e. The molecule has 1 rings (SSSR count). The van der Waals surface area contributed by atoms with E-state index in [-0.39, 0.29) is 11.9 Å². The van der Waals surface area contributed by atoms with Crippen molar-refractivity contribution in [3.05, 3.63) is 24.0 Å². The number of rotatable bonds is 5. The molecule has 1 unspecified atom stereocenters. The van der Waals surface area contributed by atoms with Crippen LogP contribution in [0.15, 0.2) is 18.5 Å². The van der Waals surface area contributed by atoms with Crippen molar-refractivity contribution in [2.45, 2.75) is 32.7 Å². The third-order valence-electron chi connectivity index (χ3n) is 2.32. The van der Waals surface area contributed by atoms with Gasteiger partial charge in [0.2, 0.25) is 0 Å². The lowest BCUT2D eigenvalue weighted by Crippen LogP contribution is -2.33. The molecule has 1 aromatic heterocycles. The number of nitrogens with zero attached hydrogens (tertiary/aromatic N) is 1. The number of anilines is 1. The van der Waals surface area contributed by atoms with Crippen molar-refractivity contribution in [3.63, 3.8) is 0 Å². The zero-order valence-corrected chi connectivity index (χ0v) is 9.66. The molecule has 0 saturated heterocycles. The summed E-state index contributed by atoms with van der Waals surface area (Å²) < 4.78 is 0. The molecule has 5 nitrogen and oxygen atoms in total. The van der Waals surface area contributed by atoms with Gasteiger partial charge >= 0.3 is 0 Å². The fraction of sp³-hybridized carbons (Fsp3) is 0.455. The number of hydrogen-bond donors (Lipinski definition) is 3. The fourth-order valence-corrected chi connectivity index (χ4v) is 1.51. The highest BCUT2D eigenvalue weighted by Gasteiger charge is 2.12. The Labute approximate surface area is 95.4 Å². The molecule has 0 radical (unpaired) electrons. The summed E-state index contributed by atoms with van der Waals surface area (Å²) in [7, 11) is 0. The molecule has 0 spiro atoms. The van der Waals surface area contributed by atoms with E-state index in [1.54, 1.807) is 12.3 Å². The maximum atomic E-state index is 11.9. The molecular weight excluding hydrogens is 204 g/mol. The van der Waals surface area contributed by atoms with Gasteiger partial charge in [0.25, 0.3) is 5.91 Å². The second-order valence-electron chi connectivity index (χ2n) is 3.73. The molecule has 1 aromatic rings. The minimum atomic E-state index is -0.128. The van der Waals surface area contributed by atoms with Crippen molar-refractivity contribution in [1.82, 2.24) is 10.3 Å². The van der Waals surface area contributed by atoms with Crippen molar-refractivity contribution in [2.75, 3.05) is 5.43 Å². The zero-order chi connectivity index (χ0) is 12.0. The Morgan fingerprint density at radius 1 is 1.62 bits per heavy atom. The standard InChI is InChI=1S/C11H18N4O/c1-3-4-8(2)14-11(16)9-5-6-13-7-10(9)15-12/h5-8,15H,3-4,12H2,1-2H3,(H,14,16). The van der Waals surface area contributed by atoms with Crippen molar-refractivity contribution >= 4 is 11.6 Å². The minimum Gasteiger partial charge on any atom is -0.350 e. The van der Waals surface area contributed by atoms with Gasteiger partial charge in [-0.25, -0.2) is 0 Å². The van der Waals surface area contributed by atoms with Gasteiger partial charge in [-0.05, 0) is 19.4 Å². The molecule has 0 aromatic carbocycles. The first-order valence-electron chi connectivity index (χ1n) is 5.40. The second kappa shape index (κ2) is 6.07. The first kappa shape index (κ1) is 12.4. The van der Waals surface area contributed by atoms with Gasteiger partial charge < -0.3 is 10.7 Å². The lowest BCUT2D eigenvalue weighted by molar-refractivity contribution is 0.0939. The quantitative estimate of drug-likeness (QED) is 0.518. The van der Waals surface area contributed by atoms with E-state index in [0.29, 0.717) is 11.3 Å². The Morgan fingerprint density at radius 2 is 2.38 bits per heavy atom. The molecule has 5 heteroatoms. The van der Waals surface area contributed by atoms with Gasteiger partial charge in [0.05, 0.1) is 17.4 Å². The molecule has 0 aliphatic rings. The van der Waals surface area contributed by atoms with Crippen molar-refractivity contribution in [3.8, 4) is 0 Å². The van der Waals surface area contributed by atoms with E-state index in [4.69, 9.17) is 5.84 Å². The molecule has 1 heterocycles. The lowest BCUT2D eigenvalue weighted by atomic mass is 10.1. The Kier molecular flexibility index (Phi) is 4.72. The summed E-state index contributed by atoms with van der Waals surface area (Å²) in [6.07, 6.45) is 5.10. The normalized spacial score (nSPS) is 11.9. The first-order chi connectivity index (χ1) is 7.69. The van der Waals surface area contributed by atoms with Crippen molar-refractivity contribution in [2.24, 2.45) is 5.84 Å². The summed E-state index contributed by atoms with van der Waals surface area (Å²) in [5.41, 5.74) is 3.50. The number of carbonyl (C=O) groups excluding carboxylic acids is 1. The number of pyridine rings is 1. The summed E-state index contributed by atoms with van der Waals surface area (Å²) in [6, 6.07) is 1.81. The zero-order valence-electron chi connectivity index (χ0n) is 9.66. The lowest BCUT2D eigenvalue weighted by Gasteiger charge is -2.14. The van der Waals surface area contributed by atoms with E-state index >= 15 is 0 Å². The molecule has 88 valence electrons. The van der Waals surface area contributed by atoms with Crippen LogP contribution in [0.1, 0.15) is 37.0 Å². The maximum absolute atomic E-state index is 11.9. The summed E-state index contributed by atoms with van der Waals surface area (Å²) in [6.45, 7) is 4.07. The second-order valence-corrected chi connectivity index (χ2v) is 3.73. The monoisotopic (exact) mass is 222 g/mol. The van der Waals surface area contributed by atoms with Crippen LogP contribution in [0.4, 0.5) is 5.69 Å². The van der Waals surface area contributed by atoms with Crippen LogP contribution >= 0.6 is 0 Å². The van der Waals surface area contributed by atoms with Crippen LogP contribution in [0.25, 0.3) is 0 Å². The third-order valence-corrected chi connectivity index (χ3v) is 2.32. The van der Waals surface area contributed by atoms with E-state index in [2.05, 4.69) is 22.7 Å². The molecule has 0 aliphatic carbocycles. The third kappa shape index (κ3) is 3.20. The molecule has 16 heavy (non-hydrogen) atoms. The van der Waals surface area contributed by atoms with Gasteiger partial charge in [-0.15, -0.1) is 0 Å². The fourth-order valence-electron chi connectivity index (χ4n) is 1.51. The molecule has 0 saturated carbocycles. The molecule has 4 N–H and O–H groups in total. The molecule has 0 aliphatic heterocycles. The summed E-state index contributed by atoms with van der Waals surface area (Å²) >= 11 is 0. The van der Waals surface area contributed by atoms with Crippen LogP contribution in [0, 0.1) is 0 Å². The van der Waals surface area contributed by atoms with E-state index in [0.717, 1.165) is 12.8 Å². The first-order valence-corrected chi connectivity index (χ1v) is 5.40. The molecule has 0 bridgehead atoms. The summed E-state index contributed by atoms with van der Waals surface area (Å²) in [5.74, 6) is 5.18. The van der Waals surface area contributed by atoms with Gasteiger partial charge in [-0.2, -0.15) is 0 Å². The molecule has 1 amide bonds. The number of carbonyl (C=O) groups is 1. The number of amides is 1. The highest BCUT2D eigenvalue weighted by molar-refractivity contribution is 5.99. The van der Waals surface area contributed by atoms with Gasteiger partial charge in [0.1, 0.15) is 0 Å². The van der Waals surface area contributed by atoms with Gasteiger partial charge in [-0.3, -0.25) is 15.6 Å². The van der Waals surface area contributed by atoms with Gasteiger partial charge in [0, 0.05) is 12.2 Å². The molecular formula is C11H18N4O. The predicted octanol–water partition coefficient (Wildman–Crippen LogP) is 1.29. The average molecular weight is 222 g/mol. The van der Waals surface area contributed by atoms with Crippen LogP contribution in [0.5, 0.6) is 0 Å². The Balaban J connectivity index is 2.72. The summed E-state index contributed by atoms with van der Waals surface area (Å²) in [4.78, 5) is 15.8. The largest absolute Gasteiger partial charge is 0.350 e. The van der Waals surface area contributed by atoms with Gasteiger partial charge in [0.15, 0.2) is 0 Å². The van der Waals surface area contributed by atoms with E-state index in [1.165, 1.54) is 6.20 Å². The number of nitrogens with one attached hydrogen (secondary N) is 2. The number of nitrogen functional groups attached to an aromatic ring is 1. The maximum Gasteiger partial charge on any atom is 0.253 e. The number of nitrogens with two attached hydrogens (primary N) is 1. The van der Waals surface area contributed by atoms with E-state index < -0.39 is 0 Å². The van der Waals surface area contributed by atoms with Crippen LogP contribution in [-0.4, -0.2) is 16.9 Å². The summed E-state index contributed by atoms with van der Waals surface area (Å²) in [5, 5.41) is 2.91. The molecule has 0 fully saturated rings. The van der Waals surface area contributed by atoms with Gasteiger partial charge in [-0.1, -0.05) is 13.3 Å². The number of aromatic nitrogens is 1. The SMILES string of the molecule is CCCC(C)NC(=O)c1ccncc1NN. The Hall–Kier alpha value is -1.62. The van der Waals surface area contributed by atoms with E-state index in [1.807, 2.05) is 6.92 Å². The van der Waals surface area contributed by atoms with Crippen molar-refractivity contribution < 1.29 is 4.79 Å². The highest BCUT2D eigenvalue weighted by atomic mass is 16.1. The van der Waals surface area contributed by atoms with Crippen LogP contribution < -0.4 is 16.6 Å². The topological polar surface area (TPSA) is 80.0 Å². The predicted molar refractivity (Wildman–Crippen MR) is 63.9 cm³/mol. The number of hydrazine groups is 1. The van der Waals surface area contributed by atoms with Crippen LogP contribution in [0.3, 0.4) is 0 Å². The Bertz CT molecular complexity index is 354.